The van der Waals surface area contributed by atoms with Crippen molar-refractivity contribution in [3.63, 3.8) is 0 Å². The zero-order chi connectivity index (χ0) is 19.7. The summed E-state index contributed by atoms with van der Waals surface area (Å²) in [7, 11) is -3.43. The summed E-state index contributed by atoms with van der Waals surface area (Å²) in [6, 6.07) is 5.52. The molecule has 4 rings (SSSR count). The van der Waals surface area contributed by atoms with Gasteiger partial charge in [0.15, 0.2) is 0 Å². The topological polar surface area (TPSA) is 84.2 Å². The van der Waals surface area contributed by atoms with Crippen LogP contribution >= 0.6 is 11.3 Å². The van der Waals surface area contributed by atoms with Crippen LogP contribution in [0.25, 0.3) is 5.82 Å². The highest BCUT2D eigenvalue weighted by Crippen LogP contribution is 2.27. The Bertz CT molecular complexity index is 1070. The van der Waals surface area contributed by atoms with E-state index >= 15 is 0 Å². The number of hydrogen-bond donors (Lipinski definition) is 0. The van der Waals surface area contributed by atoms with Gasteiger partial charge >= 0.3 is 0 Å². The maximum atomic E-state index is 12.9. The van der Waals surface area contributed by atoms with Crippen LogP contribution in [-0.2, 0) is 16.4 Å². The lowest BCUT2D eigenvalue weighted by atomic mass is 10.3. The third-order valence-corrected chi connectivity index (χ3v) is 8.45. The number of nitrogens with zero attached hydrogens (tertiary/aromatic N) is 6. The van der Waals surface area contributed by atoms with Gasteiger partial charge in [0.05, 0.1) is 0 Å². The zero-order valence-electron chi connectivity index (χ0n) is 15.8. The molecular formula is C18H22N6O2S2. The fourth-order valence-corrected chi connectivity index (χ4v) is 6.11. The first kappa shape index (κ1) is 19.0. The second-order valence-electron chi connectivity index (χ2n) is 6.54. The monoisotopic (exact) mass is 418 g/mol. The number of aromatic nitrogens is 4. The minimum absolute atomic E-state index is 0.428. The van der Waals surface area contributed by atoms with Crippen LogP contribution in [-0.4, -0.2) is 58.4 Å². The highest BCUT2D eigenvalue weighted by Gasteiger charge is 2.30. The minimum atomic E-state index is -3.43. The largest absolute Gasteiger partial charge is 0.354 e. The molecule has 0 atom stereocenters. The molecule has 3 aromatic heterocycles. The van der Waals surface area contributed by atoms with Crippen LogP contribution in [0.3, 0.4) is 0 Å². The standard InChI is InChI=1S/C18H22N6O2S2/c1-3-15-4-5-18(27-15)28(25,26)23-10-8-22(9-11-23)16-12-17(21-13-20-16)24-7-6-19-14(24)2/h4-7,12-13H,3,8-11H2,1-2H3. The molecule has 1 aliphatic heterocycles. The van der Waals surface area contributed by atoms with Crippen LogP contribution in [0.2, 0.25) is 0 Å². The summed E-state index contributed by atoms with van der Waals surface area (Å²) >= 11 is 1.36. The Labute approximate surface area is 168 Å². The fourth-order valence-electron chi connectivity index (χ4n) is 3.23. The van der Waals surface area contributed by atoms with Gasteiger partial charge in [-0.2, -0.15) is 4.31 Å². The SMILES string of the molecule is CCc1ccc(S(=O)(=O)N2CCN(c3cc(-n4ccnc4C)ncn3)CC2)s1. The molecule has 0 amide bonds. The second-order valence-corrected chi connectivity index (χ2v) is 9.88. The van der Waals surface area contributed by atoms with Crippen molar-refractivity contribution in [3.05, 3.63) is 47.6 Å². The summed E-state index contributed by atoms with van der Waals surface area (Å²) in [6.45, 7) is 5.99. The number of hydrogen-bond acceptors (Lipinski definition) is 7. The van der Waals surface area contributed by atoms with Gasteiger partial charge in [-0.05, 0) is 25.5 Å². The Balaban J connectivity index is 1.48. The minimum Gasteiger partial charge on any atom is -0.354 e. The van der Waals surface area contributed by atoms with Crippen molar-refractivity contribution >= 4 is 27.2 Å². The smallest absolute Gasteiger partial charge is 0.252 e. The van der Waals surface area contributed by atoms with Gasteiger partial charge in [0, 0.05) is 49.5 Å². The van der Waals surface area contributed by atoms with Crippen LogP contribution in [0.15, 0.2) is 41.1 Å². The second kappa shape index (κ2) is 7.61. The summed E-state index contributed by atoms with van der Waals surface area (Å²) < 4.78 is 29.7. The quantitative estimate of drug-likeness (QED) is 0.631. The normalized spacial score (nSPS) is 15.9. The van der Waals surface area contributed by atoms with E-state index in [2.05, 4.69) is 19.9 Å². The number of sulfonamides is 1. The highest BCUT2D eigenvalue weighted by molar-refractivity contribution is 7.91. The van der Waals surface area contributed by atoms with Crippen LogP contribution in [0.4, 0.5) is 5.82 Å². The number of rotatable bonds is 5. The zero-order valence-corrected chi connectivity index (χ0v) is 17.4. The summed E-state index contributed by atoms with van der Waals surface area (Å²) in [4.78, 5) is 16.1. The number of anilines is 1. The first-order valence-electron chi connectivity index (χ1n) is 9.15. The van der Waals surface area contributed by atoms with Crippen molar-refractivity contribution < 1.29 is 8.42 Å². The van der Waals surface area contributed by atoms with E-state index in [-0.39, 0.29) is 0 Å². The predicted octanol–water partition coefficient (Wildman–Crippen LogP) is 2.11. The molecule has 1 saturated heterocycles. The van der Waals surface area contributed by atoms with Crippen molar-refractivity contribution in [2.24, 2.45) is 0 Å². The van der Waals surface area contributed by atoms with Gasteiger partial charge in [0.25, 0.3) is 10.0 Å². The molecule has 1 aliphatic rings. The molecule has 4 heterocycles. The van der Waals surface area contributed by atoms with E-state index in [4.69, 9.17) is 0 Å². The average Bonchev–Trinajstić information content (AvgIpc) is 3.37. The molecule has 0 saturated carbocycles. The van der Waals surface area contributed by atoms with E-state index in [0.717, 1.165) is 28.8 Å². The molecule has 0 unspecified atom stereocenters. The van der Waals surface area contributed by atoms with Crippen molar-refractivity contribution in [1.29, 1.82) is 0 Å². The lowest BCUT2D eigenvalue weighted by Crippen LogP contribution is -2.48. The average molecular weight is 419 g/mol. The summed E-state index contributed by atoms with van der Waals surface area (Å²) in [6.07, 6.45) is 5.97. The maximum absolute atomic E-state index is 12.9. The number of piperazine rings is 1. The molecular weight excluding hydrogens is 396 g/mol. The van der Waals surface area contributed by atoms with Crippen LogP contribution in [0.1, 0.15) is 17.6 Å². The van der Waals surface area contributed by atoms with E-state index in [0.29, 0.717) is 30.4 Å². The van der Waals surface area contributed by atoms with Gasteiger partial charge in [0.1, 0.15) is 28.0 Å². The van der Waals surface area contributed by atoms with Gasteiger partial charge < -0.3 is 4.90 Å². The Morgan fingerprint density at radius 2 is 1.82 bits per heavy atom. The molecule has 8 nitrogen and oxygen atoms in total. The van der Waals surface area contributed by atoms with Crippen molar-refractivity contribution in [1.82, 2.24) is 23.8 Å². The Morgan fingerprint density at radius 1 is 1.07 bits per heavy atom. The van der Waals surface area contributed by atoms with Crippen LogP contribution < -0.4 is 4.90 Å². The predicted molar refractivity (Wildman–Crippen MR) is 109 cm³/mol. The van der Waals surface area contributed by atoms with Gasteiger partial charge in [0.2, 0.25) is 0 Å². The number of imidazole rings is 1. The molecule has 28 heavy (non-hydrogen) atoms. The molecule has 0 N–H and O–H groups in total. The molecule has 0 aromatic carbocycles. The molecule has 3 aromatic rings. The Kier molecular flexibility index (Phi) is 5.17. The number of thiophene rings is 1. The first-order chi connectivity index (χ1) is 13.5. The fraction of sp³-hybridized carbons (Fsp3) is 0.389. The van der Waals surface area contributed by atoms with Gasteiger partial charge in [-0.3, -0.25) is 4.57 Å². The van der Waals surface area contributed by atoms with E-state index in [1.807, 2.05) is 36.7 Å². The Hall–Kier alpha value is -2.30. The lowest BCUT2D eigenvalue weighted by molar-refractivity contribution is 0.384. The molecule has 10 heteroatoms. The van der Waals surface area contributed by atoms with Gasteiger partial charge in [-0.1, -0.05) is 6.92 Å². The molecule has 0 aliphatic carbocycles. The maximum Gasteiger partial charge on any atom is 0.252 e. The van der Waals surface area contributed by atoms with E-state index in [1.165, 1.54) is 17.7 Å². The van der Waals surface area contributed by atoms with Gasteiger partial charge in [-0.15, -0.1) is 11.3 Å². The summed E-state index contributed by atoms with van der Waals surface area (Å²) in [5.41, 5.74) is 0. The van der Waals surface area contributed by atoms with Crippen LogP contribution in [0.5, 0.6) is 0 Å². The van der Waals surface area contributed by atoms with Crippen molar-refractivity contribution in [3.8, 4) is 5.82 Å². The van der Waals surface area contributed by atoms with Crippen LogP contribution in [0, 0.1) is 6.92 Å². The molecule has 148 valence electrons. The van der Waals surface area contributed by atoms with Gasteiger partial charge in [-0.25, -0.2) is 23.4 Å². The molecule has 1 fully saturated rings. The van der Waals surface area contributed by atoms with Crippen molar-refractivity contribution in [2.45, 2.75) is 24.5 Å². The first-order valence-corrected chi connectivity index (χ1v) is 11.4. The third-order valence-electron chi connectivity index (χ3n) is 4.85. The summed E-state index contributed by atoms with van der Waals surface area (Å²) in [5, 5.41) is 0. The van der Waals surface area contributed by atoms with Crippen molar-refractivity contribution in [2.75, 3.05) is 31.1 Å². The Morgan fingerprint density at radius 3 is 2.46 bits per heavy atom. The highest BCUT2D eigenvalue weighted by atomic mass is 32.2. The molecule has 0 spiro atoms. The van der Waals surface area contributed by atoms with E-state index < -0.39 is 10.0 Å². The number of aryl methyl sites for hydroxylation is 2. The third kappa shape index (κ3) is 3.54. The summed E-state index contributed by atoms with van der Waals surface area (Å²) in [5.74, 6) is 2.39. The lowest BCUT2D eigenvalue weighted by Gasteiger charge is -2.34. The van der Waals surface area contributed by atoms with E-state index in [1.54, 1.807) is 16.6 Å². The van der Waals surface area contributed by atoms with E-state index in [9.17, 15) is 8.42 Å². The molecule has 0 bridgehead atoms. The molecule has 0 radical (unpaired) electrons.